The highest BCUT2D eigenvalue weighted by Gasteiger charge is 2.39. The largest absolute Gasteiger partial charge is 0.416 e. The van der Waals surface area contributed by atoms with Crippen molar-refractivity contribution in [1.82, 2.24) is 4.90 Å². The number of hydrogen-bond acceptors (Lipinski definition) is 3. The second kappa shape index (κ2) is 5.32. The highest BCUT2D eigenvalue weighted by Crippen LogP contribution is 2.30. The molecule has 0 aromatic heterocycles. The number of halogens is 3. The van der Waals surface area contributed by atoms with Gasteiger partial charge >= 0.3 is 6.18 Å². The summed E-state index contributed by atoms with van der Waals surface area (Å²) < 4.78 is 60.9. The van der Waals surface area contributed by atoms with Crippen LogP contribution >= 0.6 is 0 Å². The lowest BCUT2D eigenvalue weighted by atomic mass is 10.1. The van der Waals surface area contributed by atoms with Gasteiger partial charge in [0.15, 0.2) is 9.84 Å². The van der Waals surface area contributed by atoms with Gasteiger partial charge in [-0.25, -0.2) is 8.42 Å². The SMILES string of the molecule is CCS(=O)(=O)C1CN(C(=O)c2cccc(C(F)(F)F)c2)C1. The lowest BCUT2D eigenvalue weighted by Crippen LogP contribution is -2.57. The van der Waals surface area contributed by atoms with E-state index in [2.05, 4.69) is 0 Å². The summed E-state index contributed by atoms with van der Waals surface area (Å²) >= 11 is 0. The predicted octanol–water partition coefficient (Wildman–Crippen LogP) is 1.96. The Kier molecular flexibility index (Phi) is 4.01. The summed E-state index contributed by atoms with van der Waals surface area (Å²) in [5, 5.41) is -0.614. The molecule has 1 amide bonds. The van der Waals surface area contributed by atoms with Crippen LogP contribution in [0.2, 0.25) is 0 Å². The topological polar surface area (TPSA) is 54.5 Å². The molecule has 1 aromatic carbocycles. The molecule has 0 spiro atoms. The predicted molar refractivity (Wildman–Crippen MR) is 70.6 cm³/mol. The highest BCUT2D eigenvalue weighted by molar-refractivity contribution is 7.92. The van der Waals surface area contributed by atoms with E-state index in [0.717, 1.165) is 18.2 Å². The van der Waals surface area contributed by atoms with E-state index in [0.29, 0.717) is 0 Å². The van der Waals surface area contributed by atoms with Crippen molar-refractivity contribution in [3.05, 3.63) is 35.4 Å². The Morgan fingerprint density at radius 2 is 1.95 bits per heavy atom. The molecule has 1 aliphatic heterocycles. The first-order valence-electron chi connectivity index (χ1n) is 6.33. The van der Waals surface area contributed by atoms with Crippen molar-refractivity contribution in [2.45, 2.75) is 18.3 Å². The molecule has 21 heavy (non-hydrogen) atoms. The lowest BCUT2D eigenvalue weighted by molar-refractivity contribution is -0.137. The molecule has 4 nitrogen and oxygen atoms in total. The molecule has 1 fully saturated rings. The van der Waals surface area contributed by atoms with Crippen molar-refractivity contribution >= 4 is 15.7 Å². The average Bonchev–Trinajstić information content (AvgIpc) is 2.35. The van der Waals surface area contributed by atoms with Crippen molar-refractivity contribution in [2.75, 3.05) is 18.8 Å². The lowest BCUT2D eigenvalue weighted by Gasteiger charge is -2.38. The van der Waals surface area contributed by atoms with E-state index in [1.165, 1.54) is 17.9 Å². The summed E-state index contributed by atoms with van der Waals surface area (Å²) in [4.78, 5) is 13.3. The molecule has 0 atom stereocenters. The molecule has 0 aliphatic carbocycles. The summed E-state index contributed by atoms with van der Waals surface area (Å²) in [7, 11) is -3.22. The van der Waals surface area contributed by atoms with Crippen LogP contribution in [0.3, 0.4) is 0 Å². The second-order valence-corrected chi connectivity index (χ2v) is 7.43. The summed E-state index contributed by atoms with van der Waals surface area (Å²) in [6.45, 7) is 1.59. The number of carbonyl (C=O) groups is 1. The van der Waals surface area contributed by atoms with Crippen LogP contribution in [-0.4, -0.2) is 43.3 Å². The van der Waals surface area contributed by atoms with Crippen LogP contribution in [0.25, 0.3) is 0 Å². The fourth-order valence-electron chi connectivity index (χ4n) is 2.08. The van der Waals surface area contributed by atoms with Crippen LogP contribution in [-0.2, 0) is 16.0 Å². The van der Waals surface area contributed by atoms with Crippen molar-refractivity contribution in [3.8, 4) is 0 Å². The monoisotopic (exact) mass is 321 g/mol. The van der Waals surface area contributed by atoms with E-state index in [1.807, 2.05) is 0 Å². The maximum Gasteiger partial charge on any atom is 0.416 e. The van der Waals surface area contributed by atoms with Crippen molar-refractivity contribution in [1.29, 1.82) is 0 Å². The molecule has 1 heterocycles. The smallest absolute Gasteiger partial charge is 0.336 e. The van der Waals surface area contributed by atoms with Crippen LogP contribution < -0.4 is 0 Å². The van der Waals surface area contributed by atoms with Crippen molar-refractivity contribution in [2.24, 2.45) is 0 Å². The number of hydrogen-bond donors (Lipinski definition) is 0. The zero-order valence-corrected chi connectivity index (χ0v) is 12.0. The van der Waals surface area contributed by atoms with E-state index >= 15 is 0 Å². The van der Waals surface area contributed by atoms with E-state index in [4.69, 9.17) is 0 Å². The van der Waals surface area contributed by atoms with Gasteiger partial charge in [-0.3, -0.25) is 4.79 Å². The quantitative estimate of drug-likeness (QED) is 0.855. The van der Waals surface area contributed by atoms with Crippen LogP contribution in [0.1, 0.15) is 22.8 Å². The van der Waals surface area contributed by atoms with Crippen LogP contribution in [0, 0.1) is 0 Å². The van der Waals surface area contributed by atoms with Crippen LogP contribution in [0.5, 0.6) is 0 Å². The normalized spacial score (nSPS) is 16.7. The summed E-state index contributed by atoms with van der Waals surface area (Å²) in [5.74, 6) is -0.591. The Labute approximate surface area is 120 Å². The first-order chi connectivity index (χ1) is 9.65. The maximum absolute atomic E-state index is 12.6. The van der Waals surface area contributed by atoms with Gasteiger partial charge in [0.2, 0.25) is 0 Å². The van der Waals surface area contributed by atoms with E-state index < -0.39 is 32.7 Å². The molecule has 0 radical (unpaired) electrons. The molecule has 1 saturated heterocycles. The number of amides is 1. The number of likely N-dealkylation sites (tertiary alicyclic amines) is 1. The number of nitrogens with zero attached hydrogens (tertiary/aromatic N) is 1. The molecule has 0 N–H and O–H groups in total. The Hall–Kier alpha value is -1.57. The molecule has 0 bridgehead atoms. The molecule has 1 aliphatic rings. The molecule has 2 rings (SSSR count). The van der Waals surface area contributed by atoms with Gasteiger partial charge in [0.25, 0.3) is 5.91 Å². The number of benzene rings is 1. The van der Waals surface area contributed by atoms with E-state index in [-0.39, 0.29) is 24.4 Å². The zero-order valence-electron chi connectivity index (χ0n) is 11.2. The molecular weight excluding hydrogens is 307 g/mol. The second-order valence-electron chi connectivity index (χ2n) is 4.86. The Balaban J connectivity index is 2.10. The van der Waals surface area contributed by atoms with E-state index in [1.54, 1.807) is 0 Å². The first-order valence-corrected chi connectivity index (χ1v) is 8.05. The minimum absolute atomic E-state index is 0.0107. The number of alkyl halides is 3. The van der Waals surface area contributed by atoms with Gasteiger partial charge < -0.3 is 4.90 Å². The number of carbonyl (C=O) groups excluding carboxylic acids is 1. The Morgan fingerprint density at radius 1 is 1.33 bits per heavy atom. The number of rotatable bonds is 3. The summed E-state index contributed by atoms with van der Waals surface area (Å²) in [6, 6.07) is 4.12. The summed E-state index contributed by atoms with van der Waals surface area (Å²) in [6.07, 6.45) is -4.51. The fourth-order valence-corrected chi connectivity index (χ4v) is 3.36. The van der Waals surface area contributed by atoms with Gasteiger partial charge in [-0.2, -0.15) is 13.2 Å². The molecule has 0 unspecified atom stereocenters. The minimum atomic E-state index is -4.51. The van der Waals surface area contributed by atoms with Crippen LogP contribution in [0.4, 0.5) is 13.2 Å². The molecular formula is C13H14F3NO3S. The first kappa shape index (κ1) is 15.8. The molecule has 1 aromatic rings. The van der Waals surface area contributed by atoms with Gasteiger partial charge in [0.1, 0.15) is 0 Å². The standard InChI is InChI=1S/C13H14F3NO3S/c1-2-21(19,20)11-7-17(8-11)12(18)9-4-3-5-10(6-9)13(14,15)16/h3-6,11H,2,7-8H2,1H3. The minimum Gasteiger partial charge on any atom is -0.336 e. The van der Waals surface area contributed by atoms with E-state index in [9.17, 15) is 26.4 Å². The third-order valence-corrected chi connectivity index (χ3v) is 5.60. The van der Waals surface area contributed by atoms with Crippen molar-refractivity contribution in [3.63, 3.8) is 0 Å². The number of sulfone groups is 1. The average molecular weight is 321 g/mol. The van der Waals surface area contributed by atoms with Gasteiger partial charge in [-0.1, -0.05) is 13.0 Å². The third kappa shape index (κ3) is 3.20. The molecule has 0 saturated carbocycles. The third-order valence-electron chi connectivity index (χ3n) is 3.48. The highest BCUT2D eigenvalue weighted by atomic mass is 32.2. The van der Waals surface area contributed by atoms with Crippen molar-refractivity contribution < 1.29 is 26.4 Å². The fraction of sp³-hybridized carbons (Fsp3) is 0.462. The molecule has 8 heteroatoms. The van der Waals surface area contributed by atoms with Gasteiger partial charge in [0.05, 0.1) is 10.8 Å². The van der Waals surface area contributed by atoms with Gasteiger partial charge in [0, 0.05) is 24.4 Å². The Bertz CT molecular complexity index is 649. The maximum atomic E-state index is 12.6. The zero-order chi connectivity index (χ0) is 15.8. The molecule has 116 valence electrons. The van der Waals surface area contributed by atoms with Gasteiger partial charge in [-0.15, -0.1) is 0 Å². The van der Waals surface area contributed by atoms with Crippen LogP contribution in [0.15, 0.2) is 24.3 Å². The van der Waals surface area contributed by atoms with Gasteiger partial charge in [-0.05, 0) is 18.2 Å². The summed E-state index contributed by atoms with van der Waals surface area (Å²) in [5.41, 5.74) is -0.983. The Morgan fingerprint density at radius 3 is 2.48 bits per heavy atom.